The molecule has 3 aromatic rings. The second kappa shape index (κ2) is 10.9. The van der Waals surface area contributed by atoms with E-state index in [1.807, 2.05) is 13.8 Å². The van der Waals surface area contributed by atoms with Crippen LogP contribution >= 0.6 is 11.6 Å². The lowest BCUT2D eigenvalue weighted by Crippen LogP contribution is -2.39. The molecule has 0 N–H and O–H groups in total. The van der Waals surface area contributed by atoms with Gasteiger partial charge in [-0.05, 0) is 38.8 Å². The third kappa shape index (κ3) is 5.97. The molecule has 0 aliphatic carbocycles. The van der Waals surface area contributed by atoms with E-state index < -0.39 is 11.6 Å². The molecular weight excluding hydrogens is 476 g/mol. The van der Waals surface area contributed by atoms with Crippen molar-refractivity contribution in [3.05, 3.63) is 82.2 Å². The Morgan fingerprint density at radius 3 is 2.60 bits per heavy atom. The predicted octanol–water partition coefficient (Wildman–Crippen LogP) is 4.86. The molecule has 0 spiro atoms. The standard InChI is InChI=1S/C25H24ClF2N5O2/c1-15(32-35-18-6-9-29-23(26)12-18)20-14-30-16(2)31-25(20)17-7-10-33(11-8-17)24(34)13-19-21(27)4-3-5-22(19)28/h3-6,9,12,14,17H,7-8,10-11,13H2,1-2H3. The molecule has 0 atom stereocenters. The number of aromatic nitrogens is 3. The first kappa shape index (κ1) is 24.7. The van der Waals surface area contributed by atoms with Gasteiger partial charge in [-0.15, -0.1) is 0 Å². The summed E-state index contributed by atoms with van der Waals surface area (Å²) in [4.78, 5) is 32.7. The number of benzene rings is 1. The summed E-state index contributed by atoms with van der Waals surface area (Å²) >= 11 is 5.89. The van der Waals surface area contributed by atoms with Crippen molar-refractivity contribution >= 4 is 23.2 Å². The smallest absolute Gasteiger partial charge is 0.227 e. The molecule has 3 heterocycles. The van der Waals surface area contributed by atoms with E-state index >= 15 is 0 Å². The van der Waals surface area contributed by atoms with Crippen LogP contribution in [-0.2, 0) is 11.2 Å². The van der Waals surface area contributed by atoms with Gasteiger partial charge in [-0.25, -0.2) is 23.7 Å². The van der Waals surface area contributed by atoms with Crippen molar-refractivity contribution in [3.63, 3.8) is 0 Å². The van der Waals surface area contributed by atoms with E-state index in [1.165, 1.54) is 12.3 Å². The van der Waals surface area contributed by atoms with Gasteiger partial charge in [-0.2, -0.15) is 0 Å². The highest BCUT2D eigenvalue weighted by molar-refractivity contribution is 6.29. The van der Waals surface area contributed by atoms with Crippen LogP contribution in [0.3, 0.4) is 0 Å². The van der Waals surface area contributed by atoms with Crippen molar-refractivity contribution in [2.45, 2.75) is 39.0 Å². The van der Waals surface area contributed by atoms with Crippen molar-refractivity contribution in [3.8, 4) is 5.75 Å². The van der Waals surface area contributed by atoms with Gasteiger partial charge < -0.3 is 9.74 Å². The van der Waals surface area contributed by atoms with Gasteiger partial charge in [0.15, 0.2) is 5.75 Å². The number of nitrogens with zero attached hydrogens (tertiary/aromatic N) is 5. The van der Waals surface area contributed by atoms with E-state index in [4.69, 9.17) is 16.4 Å². The minimum absolute atomic E-state index is 0.0708. The van der Waals surface area contributed by atoms with Crippen LogP contribution in [0.5, 0.6) is 5.75 Å². The van der Waals surface area contributed by atoms with Crippen LogP contribution < -0.4 is 4.84 Å². The van der Waals surface area contributed by atoms with Crippen LogP contribution in [0.25, 0.3) is 0 Å². The molecule has 182 valence electrons. The maximum Gasteiger partial charge on any atom is 0.227 e. The number of likely N-dealkylation sites (tertiary alicyclic amines) is 1. The van der Waals surface area contributed by atoms with Gasteiger partial charge >= 0.3 is 0 Å². The van der Waals surface area contributed by atoms with Gasteiger partial charge in [0, 0.05) is 54.7 Å². The Kier molecular flexibility index (Phi) is 7.65. The topological polar surface area (TPSA) is 80.6 Å². The lowest BCUT2D eigenvalue weighted by Gasteiger charge is -2.32. The van der Waals surface area contributed by atoms with Crippen LogP contribution in [0.4, 0.5) is 8.78 Å². The fourth-order valence-electron chi connectivity index (χ4n) is 4.06. The zero-order chi connectivity index (χ0) is 24.9. The van der Waals surface area contributed by atoms with E-state index in [2.05, 4.69) is 20.1 Å². The predicted molar refractivity (Wildman–Crippen MR) is 127 cm³/mol. The molecule has 7 nitrogen and oxygen atoms in total. The number of hydrogen-bond acceptors (Lipinski definition) is 6. The Bertz CT molecular complexity index is 1240. The number of carbonyl (C=O) groups is 1. The van der Waals surface area contributed by atoms with Gasteiger partial charge in [0.25, 0.3) is 0 Å². The summed E-state index contributed by atoms with van der Waals surface area (Å²) in [6.45, 7) is 4.55. The quantitative estimate of drug-likeness (QED) is 0.275. The molecule has 1 amide bonds. The van der Waals surface area contributed by atoms with Crippen LogP contribution in [0, 0.1) is 18.6 Å². The molecule has 1 saturated heterocycles. The van der Waals surface area contributed by atoms with Crippen molar-refractivity contribution in [2.24, 2.45) is 5.16 Å². The number of amides is 1. The van der Waals surface area contributed by atoms with Gasteiger partial charge in [-0.1, -0.05) is 22.8 Å². The van der Waals surface area contributed by atoms with Crippen molar-refractivity contribution in [1.82, 2.24) is 19.9 Å². The zero-order valence-corrected chi connectivity index (χ0v) is 20.1. The second-order valence-corrected chi connectivity index (χ2v) is 8.72. The Balaban J connectivity index is 1.45. The van der Waals surface area contributed by atoms with Gasteiger partial charge in [0.1, 0.15) is 22.6 Å². The molecule has 0 unspecified atom stereocenters. The highest BCUT2D eigenvalue weighted by atomic mass is 35.5. The Morgan fingerprint density at radius 1 is 1.20 bits per heavy atom. The minimum atomic E-state index is -0.708. The SMILES string of the molecule is CC(=NOc1ccnc(Cl)c1)c1cnc(C)nc1C1CCN(C(=O)Cc2c(F)cccc2F)CC1. The summed E-state index contributed by atoms with van der Waals surface area (Å²) in [5.41, 5.74) is 1.99. The highest BCUT2D eigenvalue weighted by Crippen LogP contribution is 2.30. The molecule has 1 fully saturated rings. The average Bonchev–Trinajstić information content (AvgIpc) is 2.85. The number of rotatable bonds is 6. The maximum absolute atomic E-state index is 14.0. The summed E-state index contributed by atoms with van der Waals surface area (Å²) in [5, 5.41) is 4.51. The molecule has 1 aromatic carbocycles. The monoisotopic (exact) mass is 499 g/mol. The van der Waals surface area contributed by atoms with Crippen LogP contribution in [0.1, 0.15) is 48.3 Å². The summed E-state index contributed by atoms with van der Waals surface area (Å²) in [6, 6.07) is 6.81. The molecule has 2 aromatic heterocycles. The average molecular weight is 500 g/mol. The lowest BCUT2D eigenvalue weighted by atomic mass is 9.89. The largest absolute Gasteiger partial charge is 0.357 e. The molecule has 35 heavy (non-hydrogen) atoms. The molecule has 0 saturated carbocycles. The van der Waals surface area contributed by atoms with Gasteiger partial charge in [-0.3, -0.25) is 4.79 Å². The van der Waals surface area contributed by atoms with Gasteiger partial charge in [0.2, 0.25) is 5.91 Å². The Labute approximate surface area is 206 Å². The first-order chi connectivity index (χ1) is 16.8. The van der Waals surface area contributed by atoms with Crippen LogP contribution in [0.2, 0.25) is 5.15 Å². The normalized spacial score (nSPS) is 14.8. The third-order valence-corrected chi connectivity index (χ3v) is 6.15. The van der Waals surface area contributed by atoms with E-state index in [1.54, 1.807) is 23.2 Å². The van der Waals surface area contributed by atoms with Crippen LogP contribution in [0.15, 0.2) is 47.9 Å². The number of carbonyl (C=O) groups excluding carboxylic acids is 1. The highest BCUT2D eigenvalue weighted by Gasteiger charge is 2.28. The fraction of sp³-hybridized carbons (Fsp3) is 0.320. The summed E-state index contributed by atoms with van der Waals surface area (Å²) in [5.74, 6) is -0.556. The number of pyridine rings is 1. The van der Waals surface area contributed by atoms with Gasteiger partial charge in [0.05, 0.1) is 17.8 Å². The molecule has 1 aliphatic heterocycles. The van der Waals surface area contributed by atoms with Crippen molar-refractivity contribution in [2.75, 3.05) is 13.1 Å². The first-order valence-electron chi connectivity index (χ1n) is 11.2. The number of oxime groups is 1. The number of piperidine rings is 1. The number of halogens is 3. The second-order valence-electron chi connectivity index (χ2n) is 8.33. The van der Waals surface area contributed by atoms with Crippen molar-refractivity contribution < 1.29 is 18.4 Å². The molecule has 0 bridgehead atoms. The molecule has 4 rings (SSSR count). The van der Waals surface area contributed by atoms with E-state index in [0.717, 1.165) is 23.4 Å². The van der Waals surface area contributed by atoms with Crippen LogP contribution in [-0.4, -0.2) is 44.6 Å². The first-order valence-corrected chi connectivity index (χ1v) is 11.6. The van der Waals surface area contributed by atoms with Crippen molar-refractivity contribution in [1.29, 1.82) is 0 Å². The molecular formula is C25H24ClF2N5O2. The minimum Gasteiger partial charge on any atom is -0.357 e. The third-order valence-electron chi connectivity index (χ3n) is 5.94. The zero-order valence-electron chi connectivity index (χ0n) is 19.3. The summed E-state index contributed by atoms with van der Waals surface area (Å²) in [7, 11) is 0. The Morgan fingerprint density at radius 2 is 1.91 bits per heavy atom. The molecule has 10 heteroatoms. The Hall–Kier alpha value is -3.46. The lowest BCUT2D eigenvalue weighted by molar-refractivity contribution is -0.131. The van der Waals surface area contributed by atoms with E-state index in [-0.39, 0.29) is 23.8 Å². The number of hydrogen-bond donors (Lipinski definition) is 0. The molecule has 0 radical (unpaired) electrons. The molecule has 1 aliphatic rings. The summed E-state index contributed by atoms with van der Waals surface area (Å²) < 4.78 is 27.9. The summed E-state index contributed by atoms with van der Waals surface area (Å²) in [6.07, 6.45) is 4.26. The fourth-order valence-corrected chi connectivity index (χ4v) is 4.22. The number of aryl methyl sites for hydroxylation is 1. The maximum atomic E-state index is 14.0. The van der Waals surface area contributed by atoms with E-state index in [0.29, 0.717) is 48.4 Å². The van der Waals surface area contributed by atoms with E-state index in [9.17, 15) is 13.6 Å².